The molecule has 0 saturated carbocycles. The molecule has 1 N–H and O–H groups in total. The molecule has 0 aliphatic carbocycles. The number of carbonyl (C=O) groups is 1. The number of rotatable bonds is 3. The third kappa shape index (κ3) is 2.84. The zero-order valence-electron chi connectivity index (χ0n) is 13.7. The van der Waals surface area contributed by atoms with Crippen LogP contribution < -0.4 is 5.32 Å². The zero-order valence-corrected chi connectivity index (χ0v) is 13.7. The summed E-state index contributed by atoms with van der Waals surface area (Å²) in [7, 11) is 0. The van der Waals surface area contributed by atoms with Gasteiger partial charge in [-0.3, -0.25) is 14.9 Å². The molecule has 1 amide bonds. The van der Waals surface area contributed by atoms with Crippen molar-refractivity contribution in [2.45, 2.75) is 31.3 Å². The van der Waals surface area contributed by atoms with Crippen LogP contribution in [0.3, 0.4) is 0 Å². The number of fused-ring (bicyclic) bond motifs is 1. The molecule has 0 aromatic heterocycles. The Morgan fingerprint density at radius 3 is 2.64 bits per heavy atom. The molecule has 128 valence electrons. The summed E-state index contributed by atoms with van der Waals surface area (Å²) in [5, 5.41) is 14.7. The number of hydrogen-bond donors (Lipinski definition) is 1. The van der Waals surface area contributed by atoms with Crippen molar-refractivity contribution in [2.24, 2.45) is 0 Å². The Labute approximate surface area is 145 Å². The van der Waals surface area contributed by atoms with Crippen LogP contribution in [0.1, 0.15) is 42.5 Å². The van der Waals surface area contributed by atoms with Gasteiger partial charge in [0.1, 0.15) is 0 Å². The average Bonchev–Trinajstić information content (AvgIpc) is 3.06. The number of nitro benzene ring substituents is 1. The number of likely N-dealkylation sites (tertiary alicyclic amines) is 1. The average molecular weight is 337 g/mol. The van der Waals surface area contributed by atoms with Gasteiger partial charge in [-0.15, -0.1) is 0 Å². The highest BCUT2D eigenvalue weighted by atomic mass is 16.6. The van der Waals surface area contributed by atoms with Crippen molar-refractivity contribution in [1.29, 1.82) is 0 Å². The molecule has 4 rings (SSSR count). The quantitative estimate of drug-likeness (QED) is 0.682. The van der Waals surface area contributed by atoms with Gasteiger partial charge in [0.15, 0.2) is 0 Å². The van der Waals surface area contributed by atoms with Crippen molar-refractivity contribution in [2.75, 3.05) is 11.9 Å². The Morgan fingerprint density at radius 2 is 1.96 bits per heavy atom. The summed E-state index contributed by atoms with van der Waals surface area (Å²) in [6.07, 6.45) is 2.12. The molecular formula is C19H19N3O3. The van der Waals surface area contributed by atoms with Crippen LogP contribution in [0, 0.1) is 10.1 Å². The first-order chi connectivity index (χ1) is 12.1. The SMILES string of the molecule is O=C1CCCN1C1CC(c2ccccc2)Nc2ccc([N+](=O)[O-])cc21. The van der Waals surface area contributed by atoms with Crippen LogP contribution in [-0.4, -0.2) is 22.3 Å². The summed E-state index contributed by atoms with van der Waals surface area (Å²) in [6.45, 7) is 0.715. The molecule has 2 aromatic rings. The molecule has 0 radical (unpaired) electrons. The topological polar surface area (TPSA) is 75.5 Å². The van der Waals surface area contributed by atoms with Crippen LogP contribution >= 0.6 is 0 Å². The maximum Gasteiger partial charge on any atom is 0.269 e. The van der Waals surface area contributed by atoms with Crippen LogP contribution in [0.5, 0.6) is 0 Å². The molecule has 25 heavy (non-hydrogen) atoms. The smallest absolute Gasteiger partial charge is 0.269 e. The largest absolute Gasteiger partial charge is 0.378 e. The Morgan fingerprint density at radius 1 is 1.16 bits per heavy atom. The molecule has 2 aromatic carbocycles. The number of nitrogens with zero attached hydrogens (tertiary/aromatic N) is 2. The van der Waals surface area contributed by atoms with Crippen molar-refractivity contribution < 1.29 is 9.72 Å². The van der Waals surface area contributed by atoms with Gasteiger partial charge in [0.05, 0.1) is 17.0 Å². The van der Waals surface area contributed by atoms with E-state index in [1.165, 1.54) is 6.07 Å². The van der Waals surface area contributed by atoms with E-state index in [9.17, 15) is 14.9 Å². The molecule has 1 saturated heterocycles. The van der Waals surface area contributed by atoms with E-state index in [2.05, 4.69) is 17.4 Å². The highest BCUT2D eigenvalue weighted by Crippen LogP contribution is 2.44. The van der Waals surface area contributed by atoms with Crippen molar-refractivity contribution in [3.05, 3.63) is 69.8 Å². The number of nitro groups is 1. The molecule has 6 heteroatoms. The van der Waals surface area contributed by atoms with Gasteiger partial charge in [0.2, 0.25) is 5.91 Å². The minimum absolute atomic E-state index is 0.0651. The van der Waals surface area contributed by atoms with Gasteiger partial charge in [-0.05, 0) is 24.5 Å². The molecule has 0 spiro atoms. The lowest BCUT2D eigenvalue weighted by atomic mass is 9.88. The molecule has 6 nitrogen and oxygen atoms in total. The Bertz CT molecular complexity index is 822. The standard InChI is InChI=1S/C19H19N3O3/c23-19-7-4-10-21(19)18-12-17(13-5-2-1-3-6-13)20-16-9-8-14(22(24)25)11-15(16)18/h1-3,5-6,8-9,11,17-18,20H,4,7,10,12H2. The highest BCUT2D eigenvalue weighted by molar-refractivity contribution is 5.79. The van der Waals surface area contributed by atoms with Crippen LogP contribution in [-0.2, 0) is 4.79 Å². The van der Waals surface area contributed by atoms with Gasteiger partial charge < -0.3 is 10.2 Å². The summed E-state index contributed by atoms with van der Waals surface area (Å²) in [4.78, 5) is 25.0. The van der Waals surface area contributed by atoms with E-state index in [-0.39, 0.29) is 28.6 Å². The Hall–Kier alpha value is -2.89. The zero-order chi connectivity index (χ0) is 17.4. The number of non-ortho nitro benzene ring substituents is 1. The number of carbonyl (C=O) groups excluding carboxylic acids is 1. The van der Waals surface area contributed by atoms with Gasteiger partial charge in [-0.1, -0.05) is 30.3 Å². The molecular weight excluding hydrogens is 318 g/mol. The number of benzene rings is 2. The maximum absolute atomic E-state index is 12.3. The monoisotopic (exact) mass is 337 g/mol. The predicted molar refractivity (Wildman–Crippen MR) is 94.2 cm³/mol. The normalized spacial score (nSPS) is 22.4. The first-order valence-corrected chi connectivity index (χ1v) is 8.53. The fourth-order valence-corrected chi connectivity index (χ4v) is 3.87. The van der Waals surface area contributed by atoms with Crippen molar-refractivity contribution in [3.8, 4) is 0 Å². The van der Waals surface area contributed by atoms with Crippen LogP contribution in [0.4, 0.5) is 11.4 Å². The summed E-state index contributed by atoms with van der Waals surface area (Å²) in [5.41, 5.74) is 2.94. The van der Waals surface area contributed by atoms with Gasteiger partial charge in [0.25, 0.3) is 5.69 Å². The predicted octanol–water partition coefficient (Wildman–Crippen LogP) is 3.82. The van der Waals surface area contributed by atoms with Crippen molar-refractivity contribution >= 4 is 17.3 Å². The van der Waals surface area contributed by atoms with Crippen molar-refractivity contribution in [3.63, 3.8) is 0 Å². The van der Waals surface area contributed by atoms with E-state index in [1.54, 1.807) is 12.1 Å². The minimum Gasteiger partial charge on any atom is -0.378 e. The summed E-state index contributed by atoms with van der Waals surface area (Å²) < 4.78 is 0. The lowest BCUT2D eigenvalue weighted by Crippen LogP contribution is -2.35. The summed E-state index contributed by atoms with van der Waals surface area (Å²) >= 11 is 0. The lowest BCUT2D eigenvalue weighted by molar-refractivity contribution is -0.384. The van der Waals surface area contributed by atoms with E-state index in [0.29, 0.717) is 19.4 Å². The Balaban J connectivity index is 1.76. The second-order valence-corrected chi connectivity index (χ2v) is 6.58. The van der Waals surface area contributed by atoms with E-state index >= 15 is 0 Å². The molecule has 2 heterocycles. The third-order valence-corrected chi connectivity index (χ3v) is 5.08. The first kappa shape index (κ1) is 15.6. The molecule has 2 unspecified atom stereocenters. The third-order valence-electron chi connectivity index (χ3n) is 5.08. The summed E-state index contributed by atoms with van der Waals surface area (Å²) in [6, 6.07) is 14.9. The number of amides is 1. The number of hydrogen-bond acceptors (Lipinski definition) is 4. The summed E-state index contributed by atoms with van der Waals surface area (Å²) in [5.74, 6) is 0.135. The molecule has 1 fully saturated rings. The van der Waals surface area contributed by atoms with E-state index in [1.807, 2.05) is 23.1 Å². The molecule has 2 atom stereocenters. The van der Waals surface area contributed by atoms with Gasteiger partial charge in [-0.25, -0.2) is 0 Å². The first-order valence-electron chi connectivity index (χ1n) is 8.53. The van der Waals surface area contributed by atoms with Gasteiger partial charge in [0, 0.05) is 36.3 Å². The maximum atomic E-state index is 12.3. The second-order valence-electron chi connectivity index (χ2n) is 6.58. The number of nitrogens with one attached hydrogen (secondary N) is 1. The fourth-order valence-electron chi connectivity index (χ4n) is 3.87. The van der Waals surface area contributed by atoms with Gasteiger partial charge in [-0.2, -0.15) is 0 Å². The van der Waals surface area contributed by atoms with E-state index in [4.69, 9.17) is 0 Å². The second kappa shape index (κ2) is 6.20. The van der Waals surface area contributed by atoms with Crippen LogP contribution in [0.15, 0.2) is 48.5 Å². The van der Waals surface area contributed by atoms with Crippen molar-refractivity contribution in [1.82, 2.24) is 4.90 Å². The minimum atomic E-state index is -0.383. The number of anilines is 1. The molecule has 2 aliphatic rings. The van der Waals surface area contributed by atoms with E-state index < -0.39 is 0 Å². The molecule has 2 aliphatic heterocycles. The Kier molecular flexibility index (Phi) is 3.87. The fraction of sp³-hybridized carbons (Fsp3) is 0.316. The lowest BCUT2D eigenvalue weighted by Gasteiger charge is -2.38. The van der Waals surface area contributed by atoms with Gasteiger partial charge >= 0.3 is 0 Å². The highest BCUT2D eigenvalue weighted by Gasteiger charge is 2.36. The van der Waals surface area contributed by atoms with Crippen LogP contribution in [0.2, 0.25) is 0 Å². The van der Waals surface area contributed by atoms with E-state index in [0.717, 1.165) is 23.2 Å². The van der Waals surface area contributed by atoms with Crippen LogP contribution in [0.25, 0.3) is 0 Å². The molecule has 0 bridgehead atoms.